The SMILES string of the molecule is CC/C=C\C/C=C\C/C=C\C/C=C\C/C=C\CCCCCCCCCCCCCCCCCCCCCC(=O)OCC(COC(=O)CCCCCCC)OC(=O)CCCCCCCCCCC. The van der Waals surface area contributed by atoms with Crippen LogP contribution >= 0.6 is 0 Å². The molecule has 0 radical (unpaired) electrons. The first-order valence-corrected chi connectivity index (χ1v) is 28.8. The Morgan fingerprint density at radius 1 is 0.313 bits per heavy atom. The van der Waals surface area contributed by atoms with Crippen LogP contribution in [-0.4, -0.2) is 37.2 Å². The van der Waals surface area contributed by atoms with Crippen molar-refractivity contribution in [2.75, 3.05) is 13.2 Å². The highest BCUT2D eigenvalue weighted by molar-refractivity contribution is 5.71. The first-order chi connectivity index (χ1) is 33.0. The van der Waals surface area contributed by atoms with Crippen molar-refractivity contribution in [3.63, 3.8) is 0 Å². The average molecular weight is 938 g/mol. The first kappa shape index (κ1) is 64.1. The fourth-order valence-electron chi connectivity index (χ4n) is 8.24. The summed E-state index contributed by atoms with van der Waals surface area (Å²) >= 11 is 0. The highest BCUT2D eigenvalue weighted by Gasteiger charge is 2.19. The van der Waals surface area contributed by atoms with Crippen molar-refractivity contribution >= 4 is 17.9 Å². The minimum Gasteiger partial charge on any atom is -0.462 e. The molecule has 0 rings (SSSR count). The van der Waals surface area contributed by atoms with Gasteiger partial charge in [-0.15, -0.1) is 0 Å². The maximum atomic E-state index is 12.6. The van der Waals surface area contributed by atoms with Crippen molar-refractivity contribution in [1.29, 1.82) is 0 Å². The number of hydrogen-bond donors (Lipinski definition) is 0. The topological polar surface area (TPSA) is 78.9 Å². The Labute approximate surface area is 415 Å². The van der Waals surface area contributed by atoms with E-state index in [1.165, 1.54) is 154 Å². The lowest BCUT2D eigenvalue weighted by molar-refractivity contribution is -0.167. The molecule has 0 bridgehead atoms. The van der Waals surface area contributed by atoms with E-state index in [1.54, 1.807) is 0 Å². The summed E-state index contributed by atoms with van der Waals surface area (Å²) < 4.78 is 16.6. The normalized spacial score (nSPS) is 12.5. The summed E-state index contributed by atoms with van der Waals surface area (Å²) in [5, 5.41) is 0. The lowest BCUT2D eigenvalue weighted by Crippen LogP contribution is -2.30. The van der Waals surface area contributed by atoms with Crippen LogP contribution in [-0.2, 0) is 28.6 Å². The zero-order valence-electron chi connectivity index (χ0n) is 44.4. The van der Waals surface area contributed by atoms with E-state index >= 15 is 0 Å². The quantitative estimate of drug-likeness (QED) is 0.0262. The summed E-state index contributed by atoms with van der Waals surface area (Å²) in [6.07, 6.45) is 70.1. The number of esters is 3. The number of unbranched alkanes of at least 4 members (excludes halogenated alkanes) is 31. The van der Waals surface area contributed by atoms with Gasteiger partial charge in [-0.25, -0.2) is 0 Å². The molecule has 0 aromatic rings. The summed E-state index contributed by atoms with van der Waals surface area (Å²) in [5.41, 5.74) is 0. The van der Waals surface area contributed by atoms with Crippen LogP contribution in [0.1, 0.15) is 290 Å². The predicted octanol–water partition coefficient (Wildman–Crippen LogP) is 19.2. The Morgan fingerprint density at radius 3 is 0.910 bits per heavy atom. The number of rotatable bonds is 52. The minimum atomic E-state index is -0.762. The number of allylic oxidation sites excluding steroid dienone is 10. The van der Waals surface area contributed by atoms with Crippen LogP contribution in [0.2, 0.25) is 0 Å². The van der Waals surface area contributed by atoms with Gasteiger partial charge in [-0.05, 0) is 64.2 Å². The molecule has 0 saturated heterocycles. The average Bonchev–Trinajstić information content (AvgIpc) is 3.33. The molecule has 0 aromatic carbocycles. The Morgan fingerprint density at radius 2 is 0.582 bits per heavy atom. The van der Waals surface area contributed by atoms with Crippen LogP contribution in [0, 0.1) is 0 Å². The number of carbonyl (C=O) groups is 3. The third kappa shape index (κ3) is 53.9. The molecule has 1 unspecified atom stereocenters. The molecule has 0 heterocycles. The Bertz CT molecular complexity index is 1210. The van der Waals surface area contributed by atoms with Crippen LogP contribution in [0.4, 0.5) is 0 Å². The van der Waals surface area contributed by atoms with Crippen LogP contribution in [0.5, 0.6) is 0 Å². The molecule has 6 nitrogen and oxygen atoms in total. The van der Waals surface area contributed by atoms with Crippen LogP contribution in [0.3, 0.4) is 0 Å². The van der Waals surface area contributed by atoms with E-state index < -0.39 is 6.10 Å². The van der Waals surface area contributed by atoms with E-state index in [0.717, 1.165) is 96.3 Å². The molecule has 67 heavy (non-hydrogen) atoms. The molecule has 0 amide bonds. The molecule has 1 atom stereocenters. The van der Waals surface area contributed by atoms with Crippen LogP contribution in [0.25, 0.3) is 0 Å². The van der Waals surface area contributed by atoms with Gasteiger partial charge < -0.3 is 14.2 Å². The van der Waals surface area contributed by atoms with Crippen LogP contribution in [0.15, 0.2) is 60.8 Å². The molecule has 0 aliphatic rings. The van der Waals surface area contributed by atoms with Crippen molar-refractivity contribution in [3.05, 3.63) is 60.8 Å². The van der Waals surface area contributed by atoms with Gasteiger partial charge in [-0.2, -0.15) is 0 Å². The molecule has 0 fully saturated rings. The van der Waals surface area contributed by atoms with Gasteiger partial charge in [0.25, 0.3) is 0 Å². The number of hydrogen-bond acceptors (Lipinski definition) is 6. The molecule has 0 aliphatic heterocycles. The molecule has 0 saturated carbocycles. The summed E-state index contributed by atoms with van der Waals surface area (Å²) in [5.74, 6) is -0.877. The molecule has 0 N–H and O–H groups in total. The summed E-state index contributed by atoms with van der Waals surface area (Å²) in [7, 11) is 0. The third-order valence-electron chi connectivity index (χ3n) is 12.5. The molecular weight excluding hydrogens is 829 g/mol. The highest BCUT2D eigenvalue weighted by Crippen LogP contribution is 2.17. The smallest absolute Gasteiger partial charge is 0.306 e. The number of ether oxygens (including phenoxy) is 3. The van der Waals surface area contributed by atoms with E-state index in [4.69, 9.17) is 14.2 Å². The van der Waals surface area contributed by atoms with Gasteiger partial charge in [0.15, 0.2) is 6.10 Å². The monoisotopic (exact) mass is 937 g/mol. The van der Waals surface area contributed by atoms with Gasteiger partial charge in [-0.3, -0.25) is 14.4 Å². The van der Waals surface area contributed by atoms with E-state index in [0.29, 0.717) is 19.3 Å². The summed E-state index contributed by atoms with van der Waals surface area (Å²) in [6.45, 7) is 6.44. The first-order valence-electron chi connectivity index (χ1n) is 28.8. The minimum absolute atomic E-state index is 0.0690. The maximum absolute atomic E-state index is 12.6. The fourth-order valence-corrected chi connectivity index (χ4v) is 8.24. The van der Waals surface area contributed by atoms with E-state index in [9.17, 15) is 14.4 Å². The van der Waals surface area contributed by atoms with Gasteiger partial charge >= 0.3 is 17.9 Å². The van der Waals surface area contributed by atoms with Crippen molar-refractivity contribution < 1.29 is 28.6 Å². The summed E-state index contributed by atoms with van der Waals surface area (Å²) in [6, 6.07) is 0. The van der Waals surface area contributed by atoms with Gasteiger partial charge in [0.1, 0.15) is 13.2 Å². The standard InChI is InChI=1S/C61H108O6/c1-4-7-10-13-15-17-18-19-20-21-22-23-24-25-26-27-28-29-30-31-32-33-34-35-36-37-38-39-40-41-42-44-45-48-51-54-60(63)66-57-58(56-65-59(62)53-50-47-12-9-6-3)67-61(64)55-52-49-46-43-16-14-11-8-5-2/h7,10,15,17,19-20,22-23,25-26,58H,4-6,8-9,11-14,16,18,21,24,27-57H2,1-3H3/b10-7-,17-15-,20-19-,23-22-,26-25-. The molecular formula is C61H108O6. The van der Waals surface area contributed by atoms with E-state index in [1.807, 2.05) is 0 Å². The predicted molar refractivity (Wildman–Crippen MR) is 288 cm³/mol. The van der Waals surface area contributed by atoms with E-state index in [-0.39, 0.29) is 31.1 Å². The Hall–Kier alpha value is -2.89. The second-order valence-corrected chi connectivity index (χ2v) is 19.2. The number of carbonyl (C=O) groups excluding carboxylic acids is 3. The van der Waals surface area contributed by atoms with Crippen molar-refractivity contribution in [1.82, 2.24) is 0 Å². The lowest BCUT2D eigenvalue weighted by atomic mass is 10.0. The van der Waals surface area contributed by atoms with Crippen molar-refractivity contribution in [3.8, 4) is 0 Å². The van der Waals surface area contributed by atoms with Crippen LogP contribution < -0.4 is 0 Å². The Balaban J connectivity index is 3.81. The van der Waals surface area contributed by atoms with E-state index in [2.05, 4.69) is 81.5 Å². The molecule has 0 aromatic heterocycles. The van der Waals surface area contributed by atoms with Gasteiger partial charge in [0.2, 0.25) is 0 Å². The van der Waals surface area contributed by atoms with Gasteiger partial charge in [0, 0.05) is 19.3 Å². The van der Waals surface area contributed by atoms with Gasteiger partial charge in [0.05, 0.1) is 0 Å². The largest absolute Gasteiger partial charge is 0.462 e. The maximum Gasteiger partial charge on any atom is 0.306 e. The molecule has 0 spiro atoms. The second-order valence-electron chi connectivity index (χ2n) is 19.2. The van der Waals surface area contributed by atoms with Crippen molar-refractivity contribution in [2.24, 2.45) is 0 Å². The zero-order chi connectivity index (χ0) is 48.6. The van der Waals surface area contributed by atoms with Gasteiger partial charge in [-0.1, -0.05) is 268 Å². The molecule has 0 aliphatic carbocycles. The zero-order valence-corrected chi connectivity index (χ0v) is 44.4. The Kier molecular flexibility index (Phi) is 53.3. The molecule has 388 valence electrons. The van der Waals surface area contributed by atoms with Crippen molar-refractivity contribution in [2.45, 2.75) is 297 Å². The summed E-state index contributed by atoms with van der Waals surface area (Å²) in [4.78, 5) is 37.5. The lowest BCUT2D eigenvalue weighted by Gasteiger charge is -2.18. The highest BCUT2D eigenvalue weighted by atomic mass is 16.6. The fraction of sp³-hybridized carbons (Fsp3) is 0.787. The third-order valence-corrected chi connectivity index (χ3v) is 12.5. The molecule has 6 heteroatoms. The second kappa shape index (κ2) is 55.7.